The van der Waals surface area contributed by atoms with Crippen LogP contribution < -0.4 is 4.90 Å². The van der Waals surface area contributed by atoms with Crippen LogP contribution in [0.5, 0.6) is 0 Å². The summed E-state index contributed by atoms with van der Waals surface area (Å²) >= 11 is 0. The molecule has 0 heterocycles. The first-order chi connectivity index (χ1) is 29.8. The number of benzene rings is 6. The van der Waals surface area contributed by atoms with E-state index in [1.807, 2.05) is 18.2 Å². The smallest absolute Gasteiger partial charge is 0.0468 e. The van der Waals surface area contributed by atoms with Crippen LogP contribution in [-0.2, 0) is 10.8 Å². The molecule has 1 nitrogen and oxygen atoms in total. The first kappa shape index (κ1) is 38.3. The third-order valence-electron chi connectivity index (χ3n) is 13.4. The first-order valence-electron chi connectivity index (χ1n) is 21.8. The largest absolute Gasteiger partial charge is 0.310 e. The lowest BCUT2D eigenvalue weighted by Gasteiger charge is -2.35. The summed E-state index contributed by atoms with van der Waals surface area (Å²) in [6.45, 7) is 9.49. The van der Waals surface area contributed by atoms with Crippen LogP contribution in [-0.4, -0.2) is 0 Å². The van der Waals surface area contributed by atoms with E-state index < -0.39 is 0 Å². The van der Waals surface area contributed by atoms with Gasteiger partial charge < -0.3 is 4.90 Å². The molecule has 0 N–H and O–H groups in total. The topological polar surface area (TPSA) is 3.24 Å². The molecule has 0 aliphatic heterocycles. The summed E-state index contributed by atoms with van der Waals surface area (Å²) < 4.78 is 0. The maximum absolute atomic E-state index is 3.26. The number of nitrogens with zero attached hydrogens (tertiary/aromatic N) is 1. The van der Waals surface area contributed by atoms with Crippen molar-refractivity contribution >= 4 is 33.8 Å². The van der Waals surface area contributed by atoms with Crippen molar-refractivity contribution < 1.29 is 0 Å². The van der Waals surface area contributed by atoms with Crippen molar-refractivity contribution in [1.82, 2.24) is 0 Å². The van der Waals surface area contributed by atoms with Crippen molar-refractivity contribution in [3.8, 4) is 22.3 Å². The molecule has 4 aliphatic carbocycles. The van der Waals surface area contributed by atoms with Gasteiger partial charge in [0.05, 0.1) is 0 Å². The van der Waals surface area contributed by atoms with E-state index >= 15 is 0 Å². The van der Waals surface area contributed by atoms with Gasteiger partial charge in [0.25, 0.3) is 0 Å². The quantitative estimate of drug-likeness (QED) is 0.139. The maximum Gasteiger partial charge on any atom is 0.0468 e. The van der Waals surface area contributed by atoms with E-state index in [0.717, 1.165) is 41.0 Å². The van der Waals surface area contributed by atoms with Gasteiger partial charge in [-0.25, -0.2) is 0 Å². The Bertz CT molecular complexity index is 2900. The van der Waals surface area contributed by atoms with E-state index in [0.29, 0.717) is 5.92 Å². The van der Waals surface area contributed by atoms with Crippen molar-refractivity contribution in [3.05, 3.63) is 245 Å². The molecule has 6 aromatic carbocycles. The summed E-state index contributed by atoms with van der Waals surface area (Å²) in [5, 5.41) is 0. The van der Waals surface area contributed by atoms with Crippen molar-refractivity contribution in [2.45, 2.75) is 51.4 Å². The summed E-state index contributed by atoms with van der Waals surface area (Å²) in [5.41, 5.74) is 23.3. The fourth-order valence-corrected chi connectivity index (χ4v) is 10.0. The molecule has 61 heavy (non-hydrogen) atoms. The van der Waals surface area contributed by atoms with E-state index in [1.54, 1.807) is 0 Å². The lowest BCUT2D eigenvalue weighted by molar-refractivity contribution is 0.513. The van der Waals surface area contributed by atoms with Crippen molar-refractivity contribution in [2.75, 3.05) is 4.90 Å². The van der Waals surface area contributed by atoms with Crippen molar-refractivity contribution in [3.63, 3.8) is 0 Å². The van der Waals surface area contributed by atoms with E-state index in [2.05, 4.69) is 226 Å². The van der Waals surface area contributed by atoms with Gasteiger partial charge in [-0.1, -0.05) is 185 Å². The Morgan fingerprint density at radius 3 is 1.87 bits per heavy atom. The fourth-order valence-electron chi connectivity index (χ4n) is 10.0. The first-order valence-corrected chi connectivity index (χ1v) is 21.8. The average molecular weight is 786 g/mol. The summed E-state index contributed by atoms with van der Waals surface area (Å²) in [4.78, 5) is 2.39. The maximum atomic E-state index is 3.26. The standard InChI is InChI=1S/C60H51N/c1-42-20-22-44(23-21-42)46-30-34-52(35-31-46)61(51-32-28-45(29-33-51)43-14-8-5-6-9-15-43)53-36-37-54(55(41-53)48-16-10-7-11-17-48)49-26-24-47(25-27-49)50-38-39-60(4)57-19-13-12-18-56(57)59(2,3)58(60)40-50/h5-8,10-20,22-38,40-42H,21,39H2,1-4H3. The molecule has 0 aromatic heterocycles. The number of hydrogen-bond acceptors (Lipinski definition) is 1. The monoisotopic (exact) mass is 785 g/mol. The molecule has 4 aliphatic rings. The van der Waals surface area contributed by atoms with Crippen LogP contribution >= 0.6 is 0 Å². The van der Waals surface area contributed by atoms with Crippen molar-refractivity contribution in [2.24, 2.45) is 5.92 Å². The molecular formula is C60H51N. The van der Waals surface area contributed by atoms with E-state index in [4.69, 9.17) is 0 Å². The Hall–Kier alpha value is -6.92. The molecule has 2 atom stereocenters. The minimum Gasteiger partial charge on any atom is -0.310 e. The molecular weight excluding hydrogens is 735 g/mol. The fraction of sp³-hybridized carbons (Fsp3) is 0.150. The predicted octanol–water partition coefficient (Wildman–Crippen LogP) is 16.1. The molecule has 2 unspecified atom stereocenters. The molecule has 0 spiro atoms. The molecule has 0 saturated carbocycles. The molecule has 0 radical (unpaired) electrons. The van der Waals surface area contributed by atoms with E-state index in [-0.39, 0.29) is 10.8 Å². The SMILES string of the molecule is CC1C=CC(c2ccc(N(c3ccc(C4=CC=CC=C=C4)cc3)c3ccc(-c4ccc(C5=CCC6(C)C(=C5)C(C)(C)c5ccccc56)cc4)c(-c4ccccc4)c3)cc2)=CC1. The van der Waals surface area contributed by atoms with Gasteiger partial charge >= 0.3 is 0 Å². The Morgan fingerprint density at radius 2 is 1.16 bits per heavy atom. The van der Waals surface area contributed by atoms with Gasteiger partial charge in [-0.05, 0) is 140 Å². The number of rotatable bonds is 8. The molecule has 1 heteroatoms. The molecule has 0 amide bonds. The number of allylic oxidation sites excluding steroid dienone is 13. The van der Waals surface area contributed by atoms with E-state index in [1.165, 1.54) is 61.2 Å². The summed E-state index contributed by atoms with van der Waals surface area (Å²) in [7, 11) is 0. The Kier molecular flexibility index (Phi) is 9.79. The van der Waals surface area contributed by atoms with Gasteiger partial charge in [0.15, 0.2) is 0 Å². The van der Waals surface area contributed by atoms with Crippen LogP contribution in [0.4, 0.5) is 17.1 Å². The zero-order valence-electron chi connectivity index (χ0n) is 35.6. The van der Waals surface area contributed by atoms with Gasteiger partial charge in [-0.15, -0.1) is 5.73 Å². The third-order valence-corrected chi connectivity index (χ3v) is 13.4. The highest BCUT2D eigenvalue weighted by molar-refractivity contribution is 5.90. The van der Waals surface area contributed by atoms with Gasteiger partial charge in [0, 0.05) is 27.9 Å². The number of fused-ring (bicyclic) bond motifs is 3. The lowest BCUT2D eigenvalue weighted by atomic mass is 9.69. The van der Waals surface area contributed by atoms with Crippen LogP contribution in [0.15, 0.2) is 218 Å². The van der Waals surface area contributed by atoms with Crippen LogP contribution in [0.1, 0.15) is 68.4 Å². The second-order valence-corrected chi connectivity index (χ2v) is 17.7. The van der Waals surface area contributed by atoms with Gasteiger partial charge in [-0.2, -0.15) is 0 Å². The average Bonchev–Trinajstić information content (AvgIpc) is 3.49. The second kappa shape index (κ2) is 15.6. The normalized spacial score (nSPS) is 19.6. The molecule has 296 valence electrons. The van der Waals surface area contributed by atoms with Crippen molar-refractivity contribution in [1.29, 1.82) is 0 Å². The molecule has 6 aromatic rings. The third kappa shape index (κ3) is 7.06. The molecule has 0 fully saturated rings. The minimum atomic E-state index is -0.00285. The summed E-state index contributed by atoms with van der Waals surface area (Å²) in [6, 6.07) is 54.1. The zero-order valence-corrected chi connectivity index (χ0v) is 35.6. The zero-order chi connectivity index (χ0) is 41.6. The highest BCUT2D eigenvalue weighted by atomic mass is 15.1. The molecule has 10 rings (SSSR count). The summed E-state index contributed by atoms with van der Waals surface area (Å²) in [5.74, 6) is 0.583. The lowest BCUT2D eigenvalue weighted by Crippen LogP contribution is -2.28. The minimum absolute atomic E-state index is 0.00285. The Morgan fingerprint density at radius 1 is 0.557 bits per heavy atom. The van der Waals surface area contributed by atoms with Crippen LogP contribution in [0.25, 0.3) is 39.0 Å². The Labute approximate surface area is 362 Å². The number of hydrogen-bond donors (Lipinski definition) is 0. The van der Waals surface area contributed by atoms with Gasteiger partial charge in [-0.3, -0.25) is 0 Å². The van der Waals surface area contributed by atoms with Crippen LogP contribution in [0, 0.1) is 5.92 Å². The second-order valence-electron chi connectivity index (χ2n) is 17.7. The van der Waals surface area contributed by atoms with E-state index in [9.17, 15) is 0 Å². The predicted molar refractivity (Wildman–Crippen MR) is 260 cm³/mol. The van der Waals surface area contributed by atoms with Gasteiger partial charge in [0.1, 0.15) is 0 Å². The van der Waals surface area contributed by atoms with Crippen LogP contribution in [0.2, 0.25) is 0 Å². The van der Waals surface area contributed by atoms with Crippen LogP contribution in [0.3, 0.4) is 0 Å². The highest BCUT2D eigenvalue weighted by Crippen LogP contribution is 2.57. The molecule has 0 bridgehead atoms. The molecule has 0 saturated heterocycles. The van der Waals surface area contributed by atoms with Gasteiger partial charge in [0.2, 0.25) is 0 Å². The summed E-state index contributed by atoms with van der Waals surface area (Å²) in [6.07, 6.45) is 24.2. The number of anilines is 3. The highest BCUT2D eigenvalue weighted by Gasteiger charge is 2.49. The Balaban J connectivity index is 1.03.